The first-order valence-electron chi connectivity index (χ1n) is 19.8. The first kappa shape index (κ1) is 33.0. The van der Waals surface area contributed by atoms with Crippen LogP contribution in [0.3, 0.4) is 0 Å². The number of fused-ring (bicyclic) bond motifs is 6. The molecule has 1 unspecified atom stereocenters. The molecule has 8 aromatic carbocycles. The smallest absolute Gasteiger partial charge is 0.0561 e. The normalized spacial score (nSPS) is 14.1. The fourth-order valence-corrected chi connectivity index (χ4v) is 8.93. The lowest BCUT2D eigenvalue weighted by Gasteiger charge is -2.29. The number of anilines is 2. The topological polar surface area (TPSA) is 13.1 Å². The number of aromatic nitrogens is 2. The Labute approximate surface area is 332 Å². The molecule has 0 radical (unpaired) electrons. The van der Waals surface area contributed by atoms with E-state index in [9.17, 15) is 0 Å². The summed E-state index contributed by atoms with van der Waals surface area (Å²) >= 11 is 0. The van der Waals surface area contributed by atoms with Crippen LogP contribution in [0.2, 0.25) is 0 Å². The van der Waals surface area contributed by atoms with Crippen LogP contribution in [0.4, 0.5) is 11.4 Å². The number of benzene rings is 8. The molecule has 0 bridgehead atoms. The lowest BCUT2D eigenvalue weighted by Crippen LogP contribution is -2.17. The molecule has 0 amide bonds. The average molecular weight is 730 g/mol. The second-order valence-electron chi connectivity index (χ2n) is 14.9. The van der Waals surface area contributed by atoms with Gasteiger partial charge in [0.2, 0.25) is 0 Å². The van der Waals surface area contributed by atoms with E-state index in [4.69, 9.17) is 0 Å². The summed E-state index contributed by atoms with van der Waals surface area (Å²) in [7, 11) is 0. The largest absolute Gasteiger partial charge is 0.311 e. The van der Waals surface area contributed by atoms with Gasteiger partial charge >= 0.3 is 0 Å². The molecule has 0 N–H and O–H groups in total. The molecule has 3 nitrogen and oxygen atoms in total. The van der Waals surface area contributed by atoms with Crippen molar-refractivity contribution in [2.45, 2.75) is 12.3 Å². The first-order valence-corrected chi connectivity index (χ1v) is 19.8. The van der Waals surface area contributed by atoms with Gasteiger partial charge in [0.1, 0.15) is 0 Å². The van der Waals surface area contributed by atoms with E-state index in [0.717, 1.165) is 29.2 Å². The molecule has 0 fully saturated rings. The maximum absolute atomic E-state index is 2.42. The zero-order valence-corrected chi connectivity index (χ0v) is 31.4. The molecule has 1 aliphatic carbocycles. The van der Waals surface area contributed by atoms with Crippen molar-refractivity contribution in [3.63, 3.8) is 0 Å². The van der Waals surface area contributed by atoms with Gasteiger partial charge < -0.3 is 14.0 Å². The van der Waals surface area contributed by atoms with Gasteiger partial charge in [0, 0.05) is 55.9 Å². The van der Waals surface area contributed by atoms with Gasteiger partial charge in [-0.05, 0) is 95.9 Å². The number of allylic oxidation sites excluding steroid dienone is 3. The van der Waals surface area contributed by atoms with E-state index in [1.165, 1.54) is 66.0 Å². The Morgan fingerprint density at radius 3 is 1.40 bits per heavy atom. The Morgan fingerprint density at radius 1 is 0.404 bits per heavy atom. The van der Waals surface area contributed by atoms with E-state index in [2.05, 4.69) is 232 Å². The second kappa shape index (κ2) is 13.7. The zero-order valence-electron chi connectivity index (χ0n) is 31.4. The van der Waals surface area contributed by atoms with Gasteiger partial charge in [0.25, 0.3) is 0 Å². The van der Waals surface area contributed by atoms with Gasteiger partial charge in [-0.15, -0.1) is 0 Å². The maximum Gasteiger partial charge on any atom is 0.0561 e. The average Bonchev–Trinajstić information content (AvgIpc) is 3.80. The van der Waals surface area contributed by atoms with Crippen molar-refractivity contribution in [1.29, 1.82) is 0 Å². The molecule has 270 valence electrons. The Kier molecular flexibility index (Phi) is 7.96. The highest BCUT2D eigenvalue weighted by Crippen LogP contribution is 2.40. The molecule has 0 saturated carbocycles. The van der Waals surface area contributed by atoms with E-state index in [1.807, 2.05) is 0 Å². The van der Waals surface area contributed by atoms with Crippen LogP contribution in [0.5, 0.6) is 0 Å². The minimum atomic E-state index is 0.374. The van der Waals surface area contributed by atoms with Gasteiger partial charge in [-0.2, -0.15) is 0 Å². The lowest BCUT2D eigenvalue weighted by atomic mass is 9.91. The van der Waals surface area contributed by atoms with E-state index in [-0.39, 0.29) is 0 Å². The molecular formula is C54H39N3. The van der Waals surface area contributed by atoms with Crippen molar-refractivity contribution in [3.05, 3.63) is 230 Å². The zero-order chi connectivity index (χ0) is 37.7. The highest BCUT2D eigenvalue weighted by molar-refractivity contribution is 6.11. The van der Waals surface area contributed by atoms with E-state index in [1.54, 1.807) is 0 Å². The summed E-state index contributed by atoms with van der Waals surface area (Å²) in [4.78, 5) is 2.39. The van der Waals surface area contributed by atoms with Gasteiger partial charge in [-0.25, -0.2) is 0 Å². The van der Waals surface area contributed by atoms with Crippen molar-refractivity contribution < 1.29 is 0 Å². The van der Waals surface area contributed by atoms with Crippen molar-refractivity contribution in [3.8, 4) is 22.5 Å². The van der Waals surface area contributed by atoms with Gasteiger partial charge in [-0.3, -0.25) is 0 Å². The standard InChI is InChI=1S/C54H39N3/c1-3-13-38(14-4-1)39-23-29-43(30-24-39)55(42-15-5-2-6-16-42)46-35-36-50-49-19-9-12-22-53(49)57(54(50)37-46)45-33-27-41(28-34-45)40-25-31-44(32-26-40)56-51-20-10-7-17-47(51)48-18-8-11-21-52(48)56/h1-23,25-37,39H,24H2. The third-order valence-corrected chi connectivity index (χ3v) is 11.7. The molecule has 2 aromatic heterocycles. The van der Waals surface area contributed by atoms with Gasteiger partial charge in [0.15, 0.2) is 0 Å². The Hall–Kier alpha value is -7.36. The number of para-hydroxylation sites is 4. The van der Waals surface area contributed by atoms with Crippen molar-refractivity contribution >= 4 is 55.0 Å². The van der Waals surface area contributed by atoms with Crippen LogP contribution >= 0.6 is 0 Å². The molecule has 3 heteroatoms. The molecule has 2 heterocycles. The van der Waals surface area contributed by atoms with Crippen LogP contribution in [0.1, 0.15) is 17.9 Å². The highest BCUT2D eigenvalue weighted by Gasteiger charge is 2.20. The van der Waals surface area contributed by atoms with E-state index >= 15 is 0 Å². The van der Waals surface area contributed by atoms with Crippen molar-refractivity contribution in [2.24, 2.45) is 0 Å². The summed E-state index contributed by atoms with van der Waals surface area (Å²) in [5, 5.41) is 5.04. The Balaban J connectivity index is 0.964. The molecule has 0 spiro atoms. The van der Waals surface area contributed by atoms with Crippen LogP contribution in [0.25, 0.3) is 66.1 Å². The predicted octanol–water partition coefficient (Wildman–Crippen LogP) is 14.3. The summed E-state index contributed by atoms with van der Waals surface area (Å²) in [6, 6.07) is 72.6. The summed E-state index contributed by atoms with van der Waals surface area (Å²) in [6.45, 7) is 0. The maximum atomic E-state index is 2.42. The molecule has 0 saturated heterocycles. The molecule has 10 aromatic rings. The number of rotatable bonds is 7. The summed E-state index contributed by atoms with van der Waals surface area (Å²) in [5.74, 6) is 0.374. The van der Waals surface area contributed by atoms with Crippen LogP contribution < -0.4 is 4.90 Å². The molecule has 0 aliphatic heterocycles. The minimum absolute atomic E-state index is 0.374. The van der Waals surface area contributed by atoms with Crippen LogP contribution in [0, 0.1) is 0 Å². The Bertz CT molecular complexity index is 3080. The summed E-state index contributed by atoms with van der Waals surface area (Å²) < 4.78 is 4.79. The van der Waals surface area contributed by atoms with Crippen molar-refractivity contribution in [1.82, 2.24) is 9.13 Å². The second-order valence-corrected chi connectivity index (χ2v) is 14.9. The Morgan fingerprint density at radius 2 is 0.877 bits per heavy atom. The SMILES string of the molecule is C1=CC(c2ccccc2)CC=C1N(c1ccccc1)c1ccc2c3ccccc3n(-c3ccc(-c4ccc(-n5c6ccccc6c6ccccc65)cc4)cc3)c2c1. The van der Waals surface area contributed by atoms with E-state index < -0.39 is 0 Å². The molecule has 1 aliphatic rings. The number of hydrogen-bond acceptors (Lipinski definition) is 1. The predicted molar refractivity (Wildman–Crippen MR) is 240 cm³/mol. The third-order valence-electron chi connectivity index (χ3n) is 11.7. The molecule has 11 rings (SSSR count). The van der Waals surface area contributed by atoms with Crippen molar-refractivity contribution in [2.75, 3.05) is 4.90 Å². The number of hydrogen-bond donors (Lipinski definition) is 0. The monoisotopic (exact) mass is 729 g/mol. The fourth-order valence-electron chi connectivity index (χ4n) is 8.93. The summed E-state index contributed by atoms with van der Waals surface area (Å²) in [6.07, 6.45) is 7.99. The van der Waals surface area contributed by atoms with Crippen LogP contribution in [0.15, 0.2) is 224 Å². The molecular weight excluding hydrogens is 691 g/mol. The molecule has 57 heavy (non-hydrogen) atoms. The minimum Gasteiger partial charge on any atom is -0.311 e. The van der Waals surface area contributed by atoms with Crippen LogP contribution in [-0.2, 0) is 0 Å². The number of nitrogens with zero attached hydrogens (tertiary/aromatic N) is 3. The van der Waals surface area contributed by atoms with Gasteiger partial charge in [0.05, 0.1) is 22.1 Å². The quantitative estimate of drug-likeness (QED) is 0.159. The van der Waals surface area contributed by atoms with Crippen LogP contribution in [-0.4, -0.2) is 9.13 Å². The fraction of sp³-hybridized carbons (Fsp3) is 0.0370. The summed E-state index contributed by atoms with van der Waals surface area (Å²) in [5.41, 5.74) is 14.3. The first-order chi connectivity index (χ1) is 28.3. The third kappa shape index (κ3) is 5.67. The highest BCUT2D eigenvalue weighted by atomic mass is 15.1. The molecule has 1 atom stereocenters. The van der Waals surface area contributed by atoms with E-state index in [0.29, 0.717) is 5.92 Å². The lowest BCUT2D eigenvalue weighted by molar-refractivity contribution is 0.840. The van der Waals surface area contributed by atoms with Gasteiger partial charge in [-0.1, -0.05) is 146 Å².